The van der Waals surface area contributed by atoms with Gasteiger partial charge in [-0.05, 0) is 26.7 Å². The van der Waals surface area contributed by atoms with Crippen LogP contribution in [0.25, 0.3) is 0 Å². The number of carbonyl (C=O) groups is 1. The smallest absolute Gasteiger partial charge is 0.251 e. The molecule has 0 saturated carbocycles. The zero-order valence-electron chi connectivity index (χ0n) is 15.9. The van der Waals surface area contributed by atoms with E-state index in [1.54, 1.807) is 19.2 Å². The molecule has 0 aromatic carbocycles. The lowest BCUT2D eigenvalue weighted by Crippen LogP contribution is -2.41. The van der Waals surface area contributed by atoms with Crippen molar-refractivity contribution in [3.8, 4) is 0 Å². The molecule has 7 nitrogen and oxygen atoms in total. The molecule has 1 N–H and O–H groups in total. The first-order valence-corrected chi connectivity index (χ1v) is 9.26. The SMILES string of the molecule is Cc1nc(C2CCN(C(=O)C(C)n3ccnc3C(C)C)CC2)cc(=O)[nH]1. The summed E-state index contributed by atoms with van der Waals surface area (Å²) in [5.74, 6) is 2.20. The molecule has 0 radical (unpaired) electrons. The Bertz CT molecular complexity index is 830. The number of hydrogen-bond donors (Lipinski definition) is 1. The quantitative estimate of drug-likeness (QED) is 0.910. The van der Waals surface area contributed by atoms with Crippen molar-refractivity contribution in [3.63, 3.8) is 0 Å². The van der Waals surface area contributed by atoms with Crippen LogP contribution in [0, 0.1) is 6.92 Å². The summed E-state index contributed by atoms with van der Waals surface area (Å²) >= 11 is 0. The molecule has 1 amide bonds. The van der Waals surface area contributed by atoms with Gasteiger partial charge in [0.2, 0.25) is 5.91 Å². The van der Waals surface area contributed by atoms with Crippen molar-refractivity contribution >= 4 is 5.91 Å². The highest BCUT2D eigenvalue weighted by molar-refractivity contribution is 5.80. The predicted molar refractivity (Wildman–Crippen MR) is 99.2 cm³/mol. The Hall–Kier alpha value is -2.44. The van der Waals surface area contributed by atoms with E-state index in [2.05, 4.69) is 28.8 Å². The van der Waals surface area contributed by atoms with E-state index in [1.807, 2.05) is 22.6 Å². The van der Waals surface area contributed by atoms with E-state index in [-0.39, 0.29) is 29.3 Å². The number of imidazole rings is 1. The third-order valence-electron chi connectivity index (χ3n) is 5.09. The van der Waals surface area contributed by atoms with Gasteiger partial charge in [-0.3, -0.25) is 9.59 Å². The molecule has 1 unspecified atom stereocenters. The molecule has 7 heteroatoms. The molecular weight excluding hydrogens is 330 g/mol. The second-order valence-electron chi connectivity index (χ2n) is 7.38. The van der Waals surface area contributed by atoms with Crippen LogP contribution in [0.5, 0.6) is 0 Å². The summed E-state index contributed by atoms with van der Waals surface area (Å²) in [7, 11) is 0. The van der Waals surface area contributed by atoms with Crippen molar-refractivity contribution in [2.45, 2.75) is 58.4 Å². The molecule has 0 aliphatic carbocycles. The lowest BCUT2D eigenvalue weighted by Gasteiger charge is -2.34. The Kier molecular flexibility index (Phi) is 5.25. The van der Waals surface area contributed by atoms with Crippen LogP contribution in [-0.2, 0) is 4.79 Å². The monoisotopic (exact) mass is 357 g/mol. The fourth-order valence-electron chi connectivity index (χ4n) is 3.69. The molecule has 26 heavy (non-hydrogen) atoms. The average Bonchev–Trinajstić information content (AvgIpc) is 3.10. The van der Waals surface area contributed by atoms with Gasteiger partial charge in [-0.2, -0.15) is 0 Å². The molecule has 1 aliphatic rings. The standard InChI is InChI=1S/C19H27N5O2/c1-12(2)18-20-7-10-24(18)13(3)19(26)23-8-5-15(6-9-23)16-11-17(25)22-14(4)21-16/h7,10-13,15H,5-6,8-9H2,1-4H3,(H,21,22,25). The fraction of sp³-hybridized carbons (Fsp3) is 0.579. The van der Waals surface area contributed by atoms with Gasteiger partial charge in [-0.25, -0.2) is 9.97 Å². The number of aromatic amines is 1. The molecule has 3 rings (SSSR count). The lowest BCUT2D eigenvalue weighted by atomic mass is 9.93. The summed E-state index contributed by atoms with van der Waals surface area (Å²) in [6.07, 6.45) is 5.30. The van der Waals surface area contributed by atoms with Crippen molar-refractivity contribution in [2.24, 2.45) is 0 Å². The number of carbonyl (C=O) groups excluding carboxylic acids is 1. The molecule has 140 valence electrons. The van der Waals surface area contributed by atoms with E-state index in [0.717, 1.165) is 24.4 Å². The minimum atomic E-state index is -0.258. The highest BCUT2D eigenvalue weighted by Gasteiger charge is 2.29. The van der Waals surface area contributed by atoms with E-state index in [9.17, 15) is 9.59 Å². The zero-order chi connectivity index (χ0) is 18.8. The topological polar surface area (TPSA) is 83.9 Å². The number of hydrogen-bond acceptors (Lipinski definition) is 4. The molecule has 1 saturated heterocycles. The van der Waals surface area contributed by atoms with Crippen molar-refractivity contribution in [2.75, 3.05) is 13.1 Å². The third kappa shape index (κ3) is 3.71. The average molecular weight is 357 g/mol. The van der Waals surface area contributed by atoms with Gasteiger partial charge in [0, 0.05) is 43.4 Å². The summed E-state index contributed by atoms with van der Waals surface area (Å²) in [6, 6.07) is 1.32. The van der Waals surface area contributed by atoms with Gasteiger partial charge in [0.05, 0.1) is 5.69 Å². The second kappa shape index (κ2) is 7.43. The first-order valence-electron chi connectivity index (χ1n) is 9.26. The van der Waals surface area contributed by atoms with Crippen LogP contribution in [-0.4, -0.2) is 43.4 Å². The first-order chi connectivity index (χ1) is 12.4. The van der Waals surface area contributed by atoms with Crippen molar-refractivity contribution in [1.29, 1.82) is 0 Å². The van der Waals surface area contributed by atoms with E-state index < -0.39 is 0 Å². The largest absolute Gasteiger partial charge is 0.341 e. The number of piperidine rings is 1. The zero-order valence-corrected chi connectivity index (χ0v) is 15.9. The number of likely N-dealkylation sites (tertiary alicyclic amines) is 1. The van der Waals surface area contributed by atoms with Crippen molar-refractivity contribution in [1.82, 2.24) is 24.4 Å². The Labute approximate surface area is 153 Å². The normalized spacial score (nSPS) is 16.9. The minimum absolute atomic E-state index is 0.110. The number of rotatable bonds is 4. The summed E-state index contributed by atoms with van der Waals surface area (Å²) in [5.41, 5.74) is 0.726. The maximum absolute atomic E-state index is 12.9. The van der Waals surface area contributed by atoms with E-state index in [0.29, 0.717) is 18.9 Å². The first kappa shape index (κ1) is 18.4. The predicted octanol–water partition coefficient (Wildman–Crippen LogP) is 2.37. The molecule has 2 aromatic rings. The van der Waals surface area contributed by atoms with Gasteiger partial charge >= 0.3 is 0 Å². The molecule has 3 heterocycles. The van der Waals surface area contributed by atoms with Gasteiger partial charge in [-0.1, -0.05) is 13.8 Å². The number of amides is 1. The fourth-order valence-corrected chi connectivity index (χ4v) is 3.69. The number of aromatic nitrogens is 4. The Morgan fingerprint density at radius 1 is 1.27 bits per heavy atom. The Balaban J connectivity index is 1.66. The summed E-state index contributed by atoms with van der Waals surface area (Å²) in [6.45, 7) is 9.27. The number of aryl methyl sites for hydroxylation is 1. The number of nitrogens with one attached hydrogen (secondary N) is 1. The van der Waals surface area contributed by atoms with Gasteiger partial charge in [-0.15, -0.1) is 0 Å². The number of H-pyrrole nitrogens is 1. The highest BCUT2D eigenvalue weighted by atomic mass is 16.2. The van der Waals surface area contributed by atoms with Gasteiger partial charge in [0.25, 0.3) is 5.56 Å². The lowest BCUT2D eigenvalue weighted by molar-refractivity contribution is -0.135. The summed E-state index contributed by atoms with van der Waals surface area (Å²) < 4.78 is 1.97. The molecular formula is C19H27N5O2. The summed E-state index contributed by atoms with van der Waals surface area (Å²) in [4.78, 5) is 38.0. The maximum Gasteiger partial charge on any atom is 0.251 e. The number of nitrogens with zero attached hydrogens (tertiary/aromatic N) is 4. The molecule has 1 aliphatic heterocycles. The van der Waals surface area contributed by atoms with Crippen LogP contribution in [0.1, 0.15) is 68.8 Å². The van der Waals surface area contributed by atoms with Crippen LogP contribution < -0.4 is 5.56 Å². The third-order valence-corrected chi connectivity index (χ3v) is 5.09. The molecule has 0 bridgehead atoms. The van der Waals surface area contributed by atoms with Crippen LogP contribution in [0.15, 0.2) is 23.3 Å². The van der Waals surface area contributed by atoms with Gasteiger partial charge < -0.3 is 14.5 Å². The Morgan fingerprint density at radius 2 is 1.96 bits per heavy atom. The van der Waals surface area contributed by atoms with Crippen molar-refractivity contribution < 1.29 is 4.79 Å². The molecule has 1 fully saturated rings. The molecule has 0 spiro atoms. The maximum atomic E-state index is 12.9. The summed E-state index contributed by atoms with van der Waals surface area (Å²) in [5, 5.41) is 0. The minimum Gasteiger partial charge on any atom is -0.341 e. The highest BCUT2D eigenvalue weighted by Crippen LogP contribution is 2.28. The van der Waals surface area contributed by atoms with Crippen LogP contribution >= 0.6 is 0 Å². The molecule has 2 aromatic heterocycles. The van der Waals surface area contributed by atoms with E-state index in [1.165, 1.54) is 0 Å². The van der Waals surface area contributed by atoms with Gasteiger partial charge in [0.15, 0.2) is 0 Å². The van der Waals surface area contributed by atoms with Crippen LogP contribution in [0.2, 0.25) is 0 Å². The van der Waals surface area contributed by atoms with Crippen LogP contribution in [0.3, 0.4) is 0 Å². The van der Waals surface area contributed by atoms with E-state index in [4.69, 9.17) is 0 Å². The van der Waals surface area contributed by atoms with Gasteiger partial charge in [0.1, 0.15) is 17.7 Å². The van der Waals surface area contributed by atoms with Crippen molar-refractivity contribution in [3.05, 3.63) is 46.2 Å². The van der Waals surface area contributed by atoms with Crippen LogP contribution in [0.4, 0.5) is 0 Å². The van der Waals surface area contributed by atoms with E-state index >= 15 is 0 Å². The second-order valence-corrected chi connectivity index (χ2v) is 7.38. The molecule has 1 atom stereocenters. The Morgan fingerprint density at radius 3 is 2.58 bits per heavy atom.